The average Bonchev–Trinajstić information content (AvgIpc) is 2.07. The molecule has 3 nitrogen and oxygen atoms in total. The molecular formula is C8H8ClFO3S. The summed E-state index contributed by atoms with van der Waals surface area (Å²) >= 11 is 0. The lowest BCUT2D eigenvalue weighted by Gasteiger charge is -2.05. The molecule has 0 atom stereocenters. The molecular weight excluding hydrogens is 231 g/mol. The lowest BCUT2D eigenvalue weighted by atomic mass is 10.3. The third-order valence-corrected chi connectivity index (χ3v) is 2.84. The van der Waals surface area contributed by atoms with Crippen molar-refractivity contribution in [3.05, 3.63) is 24.0 Å². The zero-order chi connectivity index (χ0) is 10.8. The minimum Gasteiger partial charge on any atom is -0.491 e. The van der Waals surface area contributed by atoms with Crippen molar-refractivity contribution < 1.29 is 17.5 Å². The number of rotatable bonds is 3. The Morgan fingerprint density at radius 2 is 2.14 bits per heavy atom. The van der Waals surface area contributed by atoms with Gasteiger partial charge in [-0.05, 0) is 19.1 Å². The molecule has 0 aromatic heterocycles. The third-order valence-electron chi connectivity index (χ3n) is 1.48. The second kappa shape index (κ2) is 4.14. The predicted octanol–water partition coefficient (Wildman–Crippen LogP) is 2.15. The Morgan fingerprint density at radius 3 is 2.64 bits per heavy atom. The van der Waals surface area contributed by atoms with Gasteiger partial charge in [0.1, 0.15) is 0 Å². The maximum atomic E-state index is 13.0. The van der Waals surface area contributed by atoms with Gasteiger partial charge in [-0.1, -0.05) is 0 Å². The van der Waals surface area contributed by atoms with Crippen LogP contribution in [0.2, 0.25) is 0 Å². The maximum absolute atomic E-state index is 13.0. The summed E-state index contributed by atoms with van der Waals surface area (Å²) < 4.78 is 39.6. The zero-order valence-corrected chi connectivity index (χ0v) is 8.90. The molecule has 0 heterocycles. The van der Waals surface area contributed by atoms with Crippen LogP contribution in [0, 0.1) is 5.82 Å². The molecule has 0 fully saturated rings. The number of hydrogen-bond donors (Lipinski definition) is 0. The topological polar surface area (TPSA) is 43.4 Å². The van der Waals surface area contributed by atoms with E-state index in [0.29, 0.717) is 0 Å². The van der Waals surface area contributed by atoms with E-state index in [1.54, 1.807) is 6.92 Å². The van der Waals surface area contributed by atoms with Crippen molar-refractivity contribution in [2.75, 3.05) is 6.61 Å². The molecule has 0 saturated heterocycles. The highest BCUT2D eigenvalue weighted by Gasteiger charge is 2.13. The third kappa shape index (κ3) is 2.59. The fourth-order valence-corrected chi connectivity index (χ4v) is 1.67. The molecule has 0 bridgehead atoms. The highest BCUT2D eigenvalue weighted by molar-refractivity contribution is 8.13. The Kier molecular flexibility index (Phi) is 3.34. The Hall–Kier alpha value is -0.810. The summed E-state index contributed by atoms with van der Waals surface area (Å²) in [6, 6.07) is 3.14. The van der Waals surface area contributed by atoms with Gasteiger partial charge in [-0.25, -0.2) is 12.8 Å². The highest BCUT2D eigenvalue weighted by atomic mass is 35.7. The van der Waals surface area contributed by atoms with Crippen LogP contribution in [0.15, 0.2) is 23.1 Å². The van der Waals surface area contributed by atoms with Gasteiger partial charge >= 0.3 is 0 Å². The first-order valence-electron chi connectivity index (χ1n) is 3.82. The van der Waals surface area contributed by atoms with E-state index in [-0.39, 0.29) is 17.3 Å². The smallest absolute Gasteiger partial charge is 0.261 e. The van der Waals surface area contributed by atoms with Crippen LogP contribution in [0.25, 0.3) is 0 Å². The van der Waals surface area contributed by atoms with Crippen LogP contribution in [-0.4, -0.2) is 15.0 Å². The van der Waals surface area contributed by atoms with Crippen LogP contribution in [0.1, 0.15) is 6.92 Å². The SMILES string of the molecule is CCOc1cc(S(=O)(=O)Cl)ccc1F. The molecule has 1 aromatic rings. The number of halogens is 2. The summed E-state index contributed by atoms with van der Waals surface area (Å²) in [6.45, 7) is 1.92. The van der Waals surface area contributed by atoms with Crippen LogP contribution in [0.4, 0.5) is 4.39 Å². The van der Waals surface area contributed by atoms with E-state index in [1.165, 1.54) is 0 Å². The summed E-state index contributed by atoms with van der Waals surface area (Å²) in [5.41, 5.74) is 0. The monoisotopic (exact) mass is 238 g/mol. The highest BCUT2D eigenvalue weighted by Crippen LogP contribution is 2.23. The standard InChI is InChI=1S/C8H8ClFO3S/c1-2-13-8-5-6(14(9,11)12)3-4-7(8)10/h3-5H,2H2,1H3. The number of ether oxygens (including phenoxy) is 1. The largest absolute Gasteiger partial charge is 0.491 e. The molecule has 1 rings (SSSR count). The van der Waals surface area contributed by atoms with E-state index >= 15 is 0 Å². The number of benzene rings is 1. The Morgan fingerprint density at radius 1 is 1.50 bits per heavy atom. The van der Waals surface area contributed by atoms with Gasteiger partial charge in [0.05, 0.1) is 11.5 Å². The fraction of sp³-hybridized carbons (Fsp3) is 0.250. The van der Waals surface area contributed by atoms with Crippen molar-refractivity contribution in [3.63, 3.8) is 0 Å². The van der Waals surface area contributed by atoms with Crippen molar-refractivity contribution in [2.24, 2.45) is 0 Å². The average molecular weight is 239 g/mol. The van der Waals surface area contributed by atoms with E-state index < -0.39 is 14.9 Å². The fourth-order valence-electron chi connectivity index (χ4n) is 0.901. The maximum Gasteiger partial charge on any atom is 0.261 e. The Labute approximate surface area is 85.9 Å². The van der Waals surface area contributed by atoms with Gasteiger partial charge in [-0.2, -0.15) is 0 Å². The van der Waals surface area contributed by atoms with Crippen LogP contribution in [0.5, 0.6) is 5.75 Å². The molecule has 0 radical (unpaired) electrons. The van der Waals surface area contributed by atoms with E-state index in [1.807, 2.05) is 0 Å². The van der Waals surface area contributed by atoms with E-state index in [0.717, 1.165) is 18.2 Å². The van der Waals surface area contributed by atoms with Crippen molar-refractivity contribution in [3.8, 4) is 5.75 Å². The van der Waals surface area contributed by atoms with Crippen molar-refractivity contribution in [1.82, 2.24) is 0 Å². The van der Waals surface area contributed by atoms with Crippen LogP contribution >= 0.6 is 10.7 Å². The molecule has 1 aromatic carbocycles. The first-order valence-corrected chi connectivity index (χ1v) is 6.13. The molecule has 0 aliphatic carbocycles. The second-order valence-corrected chi connectivity index (χ2v) is 5.03. The van der Waals surface area contributed by atoms with Gasteiger partial charge in [0.2, 0.25) is 0 Å². The quantitative estimate of drug-likeness (QED) is 0.758. The molecule has 0 saturated carbocycles. The van der Waals surface area contributed by atoms with Crippen LogP contribution < -0.4 is 4.74 Å². The normalized spacial score (nSPS) is 11.4. The van der Waals surface area contributed by atoms with Gasteiger partial charge in [0.15, 0.2) is 11.6 Å². The molecule has 6 heteroatoms. The molecule has 0 aliphatic rings. The molecule has 78 valence electrons. The molecule has 0 aliphatic heterocycles. The minimum atomic E-state index is -3.83. The molecule has 0 unspecified atom stereocenters. The van der Waals surface area contributed by atoms with Crippen molar-refractivity contribution in [1.29, 1.82) is 0 Å². The van der Waals surface area contributed by atoms with Gasteiger partial charge < -0.3 is 4.74 Å². The van der Waals surface area contributed by atoms with E-state index in [9.17, 15) is 12.8 Å². The molecule has 0 N–H and O–H groups in total. The zero-order valence-electron chi connectivity index (χ0n) is 7.33. The van der Waals surface area contributed by atoms with Gasteiger partial charge in [0, 0.05) is 16.7 Å². The summed E-state index contributed by atoms with van der Waals surface area (Å²) in [6.07, 6.45) is 0. The van der Waals surface area contributed by atoms with Crippen LogP contribution in [-0.2, 0) is 9.05 Å². The van der Waals surface area contributed by atoms with E-state index in [4.69, 9.17) is 15.4 Å². The van der Waals surface area contributed by atoms with Crippen molar-refractivity contribution >= 4 is 19.7 Å². The van der Waals surface area contributed by atoms with Crippen molar-refractivity contribution in [2.45, 2.75) is 11.8 Å². The molecule has 0 amide bonds. The van der Waals surface area contributed by atoms with Gasteiger partial charge in [-0.15, -0.1) is 0 Å². The minimum absolute atomic E-state index is 0.116. The summed E-state index contributed by atoms with van der Waals surface area (Å²) in [5.74, 6) is -0.731. The number of hydrogen-bond acceptors (Lipinski definition) is 3. The lowest BCUT2D eigenvalue weighted by Crippen LogP contribution is -1.97. The molecule has 14 heavy (non-hydrogen) atoms. The lowest BCUT2D eigenvalue weighted by molar-refractivity contribution is 0.320. The summed E-state index contributed by atoms with van der Waals surface area (Å²) in [5, 5.41) is 0. The van der Waals surface area contributed by atoms with Gasteiger partial charge in [-0.3, -0.25) is 0 Å². The van der Waals surface area contributed by atoms with Gasteiger partial charge in [0.25, 0.3) is 9.05 Å². The Bertz CT molecular complexity index is 430. The summed E-state index contributed by atoms with van der Waals surface area (Å²) in [4.78, 5) is -0.177. The first kappa shape index (κ1) is 11.3. The predicted molar refractivity (Wildman–Crippen MR) is 50.6 cm³/mol. The van der Waals surface area contributed by atoms with E-state index in [2.05, 4.69) is 0 Å². The molecule has 0 spiro atoms. The van der Waals surface area contributed by atoms with Crippen LogP contribution in [0.3, 0.4) is 0 Å². The Balaban J connectivity index is 3.20. The second-order valence-electron chi connectivity index (χ2n) is 2.46. The summed E-state index contributed by atoms with van der Waals surface area (Å²) in [7, 11) is 1.24. The first-order chi connectivity index (χ1) is 6.45.